The second-order valence-corrected chi connectivity index (χ2v) is 9.91. The molecule has 0 unspecified atom stereocenters. The molecule has 0 amide bonds. The van der Waals surface area contributed by atoms with Crippen LogP contribution >= 0.6 is 0 Å². The maximum absolute atomic E-state index is 12.8. The number of aliphatic hydroxyl groups excluding tert-OH is 1. The molecule has 0 spiro atoms. The van der Waals surface area contributed by atoms with Crippen LogP contribution in [0.2, 0.25) is 0 Å². The van der Waals surface area contributed by atoms with E-state index in [2.05, 4.69) is 9.71 Å². The molecule has 9 heteroatoms. The van der Waals surface area contributed by atoms with Crippen LogP contribution < -0.4 is 4.72 Å². The number of aromatic nitrogens is 4. The molecule has 4 rings (SSSR count). The second kappa shape index (κ2) is 8.86. The molecule has 1 aliphatic rings. The van der Waals surface area contributed by atoms with E-state index in [4.69, 9.17) is 10.1 Å². The highest BCUT2D eigenvalue weighted by molar-refractivity contribution is 7.89. The number of pyridine rings is 1. The summed E-state index contributed by atoms with van der Waals surface area (Å²) < 4.78 is 30.1. The first-order chi connectivity index (χ1) is 14.8. The first-order valence-corrected chi connectivity index (χ1v) is 12.0. The Kier molecular flexibility index (Phi) is 6.17. The fourth-order valence-corrected chi connectivity index (χ4v) is 5.24. The molecule has 1 fully saturated rings. The zero-order chi connectivity index (χ0) is 22.0. The lowest BCUT2D eigenvalue weighted by molar-refractivity contribution is 0.0912. The lowest BCUT2D eigenvalue weighted by Gasteiger charge is -2.33. The third kappa shape index (κ3) is 4.68. The number of nitrogens with one attached hydrogen (secondary N) is 1. The van der Waals surface area contributed by atoms with Crippen molar-refractivity contribution in [2.24, 2.45) is 0 Å². The van der Waals surface area contributed by atoms with Gasteiger partial charge in [0, 0.05) is 36.0 Å². The van der Waals surface area contributed by atoms with Crippen LogP contribution in [0.3, 0.4) is 0 Å². The summed E-state index contributed by atoms with van der Waals surface area (Å²) in [5, 5.41) is 15.2. The van der Waals surface area contributed by atoms with Gasteiger partial charge in [0.1, 0.15) is 10.7 Å². The van der Waals surface area contributed by atoms with E-state index in [-0.39, 0.29) is 16.9 Å². The molecular formula is C22H27N5O3S. The number of hydrogen-bond donors (Lipinski definition) is 2. The molecule has 0 bridgehead atoms. The fourth-order valence-electron chi connectivity index (χ4n) is 3.99. The molecule has 31 heavy (non-hydrogen) atoms. The number of aliphatic hydroxyl groups is 1. The van der Waals surface area contributed by atoms with Gasteiger partial charge in [-0.15, -0.1) is 0 Å². The van der Waals surface area contributed by atoms with E-state index in [1.54, 1.807) is 6.07 Å². The Hall–Kier alpha value is -2.62. The van der Waals surface area contributed by atoms with Gasteiger partial charge in [0.15, 0.2) is 5.82 Å². The standard InChI is InChI=1S/C22H27N5O3S/c1-15(2)27-22(24-21(25-27)16-7-4-3-5-8-16)17-10-11-20(28)19(13-17)26-31(29,30)18-9-6-12-23-14-18/h3-9,12,14-15,17,19-20,26,28H,10-11,13H2,1-2H3/t17-,19+,20+/m0/s1. The van der Waals surface area contributed by atoms with Gasteiger partial charge < -0.3 is 5.11 Å². The van der Waals surface area contributed by atoms with Crippen molar-refractivity contribution < 1.29 is 13.5 Å². The van der Waals surface area contributed by atoms with Gasteiger partial charge in [0.2, 0.25) is 10.0 Å². The molecule has 1 aromatic carbocycles. The number of nitrogens with zero attached hydrogens (tertiary/aromatic N) is 4. The number of sulfonamides is 1. The quantitative estimate of drug-likeness (QED) is 0.609. The Morgan fingerprint density at radius 1 is 1.13 bits per heavy atom. The summed E-state index contributed by atoms with van der Waals surface area (Å²) in [5.74, 6) is 1.46. The molecule has 8 nitrogen and oxygen atoms in total. The highest BCUT2D eigenvalue weighted by atomic mass is 32.2. The summed E-state index contributed by atoms with van der Waals surface area (Å²) in [7, 11) is -3.78. The lowest BCUT2D eigenvalue weighted by atomic mass is 9.83. The van der Waals surface area contributed by atoms with Crippen molar-refractivity contribution in [2.75, 3.05) is 0 Å². The molecule has 2 heterocycles. The molecule has 0 saturated heterocycles. The van der Waals surface area contributed by atoms with Gasteiger partial charge in [-0.3, -0.25) is 4.98 Å². The van der Waals surface area contributed by atoms with Crippen molar-refractivity contribution in [1.29, 1.82) is 0 Å². The smallest absolute Gasteiger partial charge is 0.242 e. The summed E-state index contributed by atoms with van der Waals surface area (Å²) in [6, 6.07) is 12.4. The summed E-state index contributed by atoms with van der Waals surface area (Å²) in [6.07, 6.45) is 3.71. The largest absolute Gasteiger partial charge is 0.391 e. The third-order valence-corrected chi connectivity index (χ3v) is 7.08. The van der Waals surface area contributed by atoms with Gasteiger partial charge in [-0.25, -0.2) is 22.8 Å². The monoisotopic (exact) mass is 441 g/mol. The minimum atomic E-state index is -3.78. The Morgan fingerprint density at radius 3 is 2.58 bits per heavy atom. The van der Waals surface area contributed by atoms with Crippen LogP contribution in [0.15, 0.2) is 59.8 Å². The molecule has 0 aliphatic heterocycles. The van der Waals surface area contributed by atoms with Crippen LogP contribution in [0.25, 0.3) is 11.4 Å². The molecule has 3 atom stereocenters. The minimum Gasteiger partial charge on any atom is -0.391 e. The Labute approximate surface area is 182 Å². The number of rotatable bonds is 6. The fraction of sp³-hybridized carbons (Fsp3) is 0.409. The first-order valence-electron chi connectivity index (χ1n) is 10.5. The van der Waals surface area contributed by atoms with E-state index in [0.29, 0.717) is 25.1 Å². The maximum Gasteiger partial charge on any atom is 0.242 e. The highest BCUT2D eigenvalue weighted by Crippen LogP contribution is 2.35. The second-order valence-electron chi connectivity index (χ2n) is 8.19. The normalized spacial score (nSPS) is 22.0. The van der Waals surface area contributed by atoms with Gasteiger partial charge in [0.05, 0.1) is 6.10 Å². The van der Waals surface area contributed by atoms with Crippen LogP contribution in [0.1, 0.15) is 50.9 Å². The van der Waals surface area contributed by atoms with Crippen molar-refractivity contribution in [2.45, 2.75) is 62.1 Å². The van der Waals surface area contributed by atoms with E-state index < -0.39 is 22.2 Å². The predicted molar refractivity (Wildman–Crippen MR) is 117 cm³/mol. The summed E-state index contributed by atoms with van der Waals surface area (Å²) in [6.45, 7) is 4.10. The highest BCUT2D eigenvalue weighted by Gasteiger charge is 2.36. The van der Waals surface area contributed by atoms with Crippen molar-refractivity contribution in [3.63, 3.8) is 0 Å². The van der Waals surface area contributed by atoms with Crippen LogP contribution in [-0.2, 0) is 10.0 Å². The lowest BCUT2D eigenvalue weighted by Crippen LogP contribution is -2.46. The minimum absolute atomic E-state index is 0.0163. The van der Waals surface area contributed by atoms with Gasteiger partial charge in [-0.2, -0.15) is 5.10 Å². The SMILES string of the molecule is CC(C)n1nc(-c2ccccc2)nc1[C@H]1CC[C@@H](O)[C@H](NS(=O)(=O)c2cccnc2)C1. The van der Waals surface area contributed by atoms with Gasteiger partial charge in [-0.05, 0) is 45.2 Å². The van der Waals surface area contributed by atoms with E-state index in [9.17, 15) is 13.5 Å². The summed E-state index contributed by atoms with van der Waals surface area (Å²) in [4.78, 5) is 8.79. The molecule has 1 saturated carbocycles. The van der Waals surface area contributed by atoms with Gasteiger partial charge in [0.25, 0.3) is 0 Å². The predicted octanol–water partition coefficient (Wildman–Crippen LogP) is 2.90. The van der Waals surface area contributed by atoms with Gasteiger partial charge in [-0.1, -0.05) is 30.3 Å². The van der Waals surface area contributed by atoms with Crippen molar-refractivity contribution in [3.8, 4) is 11.4 Å². The zero-order valence-electron chi connectivity index (χ0n) is 17.6. The van der Waals surface area contributed by atoms with Crippen LogP contribution in [0.4, 0.5) is 0 Å². The average Bonchev–Trinajstić information content (AvgIpc) is 3.22. The van der Waals surface area contributed by atoms with E-state index in [1.807, 2.05) is 48.9 Å². The summed E-state index contributed by atoms with van der Waals surface area (Å²) >= 11 is 0. The van der Waals surface area contributed by atoms with Crippen molar-refractivity contribution in [3.05, 3.63) is 60.7 Å². The molecule has 3 aromatic rings. The molecular weight excluding hydrogens is 414 g/mol. The Balaban J connectivity index is 1.60. The van der Waals surface area contributed by atoms with Crippen LogP contribution in [0, 0.1) is 0 Å². The summed E-state index contributed by atoms with van der Waals surface area (Å²) in [5.41, 5.74) is 0.938. The molecule has 164 valence electrons. The molecule has 0 radical (unpaired) electrons. The molecule has 2 N–H and O–H groups in total. The van der Waals surface area contributed by atoms with Gasteiger partial charge >= 0.3 is 0 Å². The molecule has 2 aromatic heterocycles. The topological polar surface area (TPSA) is 110 Å². The molecule has 1 aliphatic carbocycles. The van der Waals surface area contributed by atoms with Crippen molar-refractivity contribution in [1.82, 2.24) is 24.5 Å². The van der Waals surface area contributed by atoms with Crippen LogP contribution in [-0.4, -0.2) is 45.4 Å². The van der Waals surface area contributed by atoms with Crippen molar-refractivity contribution >= 4 is 10.0 Å². The Bertz CT molecular complexity index is 1120. The average molecular weight is 442 g/mol. The van der Waals surface area contributed by atoms with E-state index >= 15 is 0 Å². The third-order valence-electron chi connectivity index (χ3n) is 5.61. The zero-order valence-corrected chi connectivity index (χ0v) is 18.4. The van der Waals surface area contributed by atoms with Crippen LogP contribution in [0.5, 0.6) is 0 Å². The number of benzene rings is 1. The van der Waals surface area contributed by atoms with E-state index in [1.165, 1.54) is 18.5 Å². The first kappa shape index (κ1) is 21.6. The number of hydrogen-bond acceptors (Lipinski definition) is 6. The Morgan fingerprint density at radius 2 is 1.90 bits per heavy atom. The maximum atomic E-state index is 12.8. The van der Waals surface area contributed by atoms with E-state index in [0.717, 1.165) is 11.4 Å².